The standard InChI is InChI=1S/C18H28N4O5/c1-18(2,3)27-17(26)20-11-7-5-9-14(22-16(24)25)15(23)21-12-13-8-4-6-10-19-13/h4,6,8,10,14,22H,5,7,9,11-12H2,1-3H3,(H,20,26)(H,21,23)(H,24,25). The molecule has 0 spiro atoms. The van der Waals surface area contributed by atoms with Crippen LogP contribution in [0.5, 0.6) is 0 Å². The van der Waals surface area contributed by atoms with E-state index in [2.05, 4.69) is 20.9 Å². The Morgan fingerprint density at radius 1 is 1.19 bits per heavy atom. The summed E-state index contributed by atoms with van der Waals surface area (Å²) in [6, 6.07) is 4.47. The van der Waals surface area contributed by atoms with Crippen molar-refractivity contribution in [3.63, 3.8) is 0 Å². The Labute approximate surface area is 158 Å². The van der Waals surface area contributed by atoms with E-state index in [-0.39, 0.29) is 6.54 Å². The summed E-state index contributed by atoms with van der Waals surface area (Å²) in [5.41, 5.74) is 0.119. The van der Waals surface area contributed by atoms with Crippen LogP contribution < -0.4 is 16.0 Å². The van der Waals surface area contributed by atoms with Crippen LogP contribution in [0.25, 0.3) is 0 Å². The largest absolute Gasteiger partial charge is 0.465 e. The fourth-order valence-electron chi connectivity index (χ4n) is 2.20. The van der Waals surface area contributed by atoms with Crippen molar-refractivity contribution in [3.05, 3.63) is 30.1 Å². The molecule has 0 aliphatic carbocycles. The average molecular weight is 380 g/mol. The molecule has 1 aromatic heterocycles. The van der Waals surface area contributed by atoms with Gasteiger partial charge in [-0.1, -0.05) is 6.07 Å². The molecule has 1 unspecified atom stereocenters. The van der Waals surface area contributed by atoms with E-state index in [4.69, 9.17) is 9.84 Å². The van der Waals surface area contributed by atoms with Crippen molar-refractivity contribution in [2.24, 2.45) is 0 Å². The molecule has 9 heteroatoms. The number of hydrogen-bond acceptors (Lipinski definition) is 5. The maximum atomic E-state index is 12.2. The minimum Gasteiger partial charge on any atom is -0.465 e. The molecule has 0 fully saturated rings. The van der Waals surface area contributed by atoms with Crippen LogP contribution in [-0.4, -0.2) is 46.4 Å². The lowest BCUT2D eigenvalue weighted by Gasteiger charge is -2.20. The second-order valence-corrected chi connectivity index (χ2v) is 6.97. The van der Waals surface area contributed by atoms with Gasteiger partial charge in [0.25, 0.3) is 0 Å². The van der Waals surface area contributed by atoms with E-state index in [1.165, 1.54) is 0 Å². The molecule has 1 aromatic rings. The van der Waals surface area contributed by atoms with Crippen molar-refractivity contribution < 1.29 is 24.2 Å². The third kappa shape index (κ3) is 10.7. The zero-order valence-electron chi connectivity index (χ0n) is 15.9. The van der Waals surface area contributed by atoms with Crippen LogP contribution in [0.15, 0.2) is 24.4 Å². The first-order valence-corrected chi connectivity index (χ1v) is 8.81. The maximum Gasteiger partial charge on any atom is 0.407 e. The minimum atomic E-state index is -1.26. The summed E-state index contributed by atoms with van der Waals surface area (Å²) in [5.74, 6) is -0.414. The van der Waals surface area contributed by atoms with E-state index in [0.717, 1.165) is 0 Å². The molecule has 1 heterocycles. The van der Waals surface area contributed by atoms with Crippen LogP contribution in [0.4, 0.5) is 9.59 Å². The van der Waals surface area contributed by atoms with Crippen molar-refractivity contribution in [1.82, 2.24) is 20.9 Å². The molecule has 0 bridgehead atoms. The zero-order chi connectivity index (χ0) is 20.3. The first-order valence-electron chi connectivity index (χ1n) is 8.81. The highest BCUT2D eigenvalue weighted by atomic mass is 16.6. The summed E-state index contributed by atoms with van der Waals surface area (Å²) in [5, 5.41) is 16.4. The monoisotopic (exact) mass is 380 g/mol. The number of aromatic nitrogens is 1. The van der Waals surface area contributed by atoms with Gasteiger partial charge in [-0.2, -0.15) is 0 Å². The first kappa shape index (κ1) is 22.2. The van der Waals surface area contributed by atoms with Gasteiger partial charge in [0.2, 0.25) is 5.91 Å². The number of rotatable bonds is 9. The number of ether oxygens (including phenoxy) is 1. The average Bonchev–Trinajstić information content (AvgIpc) is 2.57. The highest BCUT2D eigenvalue weighted by molar-refractivity contribution is 5.85. The van der Waals surface area contributed by atoms with E-state index >= 15 is 0 Å². The molecule has 3 amide bonds. The van der Waals surface area contributed by atoms with Crippen molar-refractivity contribution in [2.45, 2.75) is 58.2 Å². The molecule has 4 N–H and O–H groups in total. The third-order valence-electron chi connectivity index (χ3n) is 3.37. The number of amides is 3. The van der Waals surface area contributed by atoms with Crippen molar-refractivity contribution in [1.29, 1.82) is 0 Å². The quantitative estimate of drug-likeness (QED) is 0.485. The summed E-state index contributed by atoms with van der Waals surface area (Å²) >= 11 is 0. The Morgan fingerprint density at radius 2 is 1.93 bits per heavy atom. The van der Waals surface area contributed by atoms with Gasteiger partial charge in [-0.3, -0.25) is 9.78 Å². The van der Waals surface area contributed by atoms with E-state index in [9.17, 15) is 14.4 Å². The number of carbonyl (C=O) groups is 3. The Bertz CT molecular complexity index is 616. The SMILES string of the molecule is CC(C)(C)OC(=O)NCCCCC(NC(=O)O)C(=O)NCc1ccccn1. The lowest BCUT2D eigenvalue weighted by Crippen LogP contribution is -2.46. The fourth-order valence-corrected chi connectivity index (χ4v) is 2.20. The fraction of sp³-hybridized carbons (Fsp3) is 0.556. The Kier molecular flexibility index (Phi) is 9.04. The van der Waals surface area contributed by atoms with Gasteiger partial charge in [0, 0.05) is 12.7 Å². The van der Waals surface area contributed by atoms with E-state index in [1.807, 2.05) is 0 Å². The molecular formula is C18H28N4O5. The van der Waals surface area contributed by atoms with Gasteiger partial charge >= 0.3 is 12.2 Å². The van der Waals surface area contributed by atoms with Crippen LogP contribution in [0.1, 0.15) is 45.7 Å². The smallest absolute Gasteiger partial charge is 0.407 e. The molecule has 1 rings (SSSR count). The number of pyridine rings is 1. The second kappa shape index (κ2) is 11.0. The molecule has 0 aromatic carbocycles. The molecule has 0 aliphatic heterocycles. The molecule has 9 nitrogen and oxygen atoms in total. The molecule has 0 radical (unpaired) electrons. The van der Waals surface area contributed by atoms with Crippen LogP contribution >= 0.6 is 0 Å². The minimum absolute atomic E-state index is 0.220. The lowest BCUT2D eigenvalue weighted by atomic mass is 10.1. The molecule has 1 atom stereocenters. The highest BCUT2D eigenvalue weighted by Crippen LogP contribution is 2.07. The number of hydrogen-bond donors (Lipinski definition) is 4. The van der Waals surface area contributed by atoms with Gasteiger partial charge in [-0.25, -0.2) is 9.59 Å². The van der Waals surface area contributed by atoms with Gasteiger partial charge in [0.15, 0.2) is 0 Å². The zero-order valence-corrected chi connectivity index (χ0v) is 15.9. The van der Waals surface area contributed by atoms with Crippen LogP contribution in [0.3, 0.4) is 0 Å². The summed E-state index contributed by atoms with van der Waals surface area (Å²) in [6.07, 6.45) is 1.31. The van der Waals surface area contributed by atoms with Crippen LogP contribution in [0, 0.1) is 0 Å². The molecule has 27 heavy (non-hydrogen) atoms. The number of unbranched alkanes of at least 4 members (excludes halogenated alkanes) is 1. The Hall–Kier alpha value is -2.84. The Morgan fingerprint density at radius 3 is 2.52 bits per heavy atom. The predicted molar refractivity (Wildman–Crippen MR) is 99.1 cm³/mol. The van der Waals surface area contributed by atoms with E-state index < -0.39 is 29.7 Å². The predicted octanol–water partition coefficient (Wildman–Crippen LogP) is 2.03. The number of alkyl carbamates (subject to hydrolysis) is 1. The summed E-state index contributed by atoms with van der Waals surface area (Å²) < 4.78 is 5.12. The van der Waals surface area contributed by atoms with E-state index in [1.54, 1.807) is 45.2 Å². The number of nitrogens with one attached hydrogen (secondary N) is 3. The Balaban J connectivity index is 2.35. The molecular weight excluding hydrogens is 352 g/mol. The second-order valence-electron chi connectivity index (χ2n) is 6.97. The highest BCUT2D eigenvalue weighted by Gasteiger charge is 2.20. The molecule has 0 saturated heterocycles. The van der Waals surface area contributed by atoms with E-state index in [0.29, 0.717) is 31.5 Å². The van der Waals surface area contributed by atoms with Crippen LogP contribution in [0.2, 0.25) is 0 Å². The van der Waals surface area contributed by atoms with Gasteiger partial charge in [-0.05, 0) is 52.2 Å². The molecule has 0 aliphatic rings. The number of nitrogens with zero attached hydrogens (tertiary/aromatic N) is 1. The van der Waals surface area contributed by atoms with Gasteiger partial charge in [-0.15, -0.1) is 0 Å². The first-order chi connectivity index (χ1) is 12.7. The lowest BCUT2D eigenvalue weighted by molar-refractivity contribution is -0.123. The topological polar surface area (TPSA) is 130 Å². The van der Waals surface area contributed by atoms with Gasteiger partial charge in [0.05, 0.1) is 12.2 Å². The van der Waals surface area contributed by atoms with Crippen molar-refractivity contribution in [2.75, 3.05) is 6.54 Å². The van der Waals surface area contributed by atoms with Gasteiger partial charge in [0.1, 0.15) is 11.6 Å². The molecule has 0 saturated carbocycles. The normalized spacial score (nSPS) is 12.0. The number of carboxylic acid groups (broad SMARTS) is 1. The van der Waals surface area contributed by atoms with Gasteiger partial charge < -0.3 is 25.8 Å². The number of carbonyl (C=O) groups excluding carboxylic acids is 2. The molecule has 150 valence electrons. The third-order valence-corrected chi connectivity index (χ3v) is 3.37. The van der Waals surface area contributed by atoms with Crippen molar-refractivity contribution >= 4 is 18.1 Å². The summed E-state index contributed by atoms with van der Waals surface area (Å²) in [4.78, 5) is 38.8. The van der Waals surface area contributed by atoms with Crippen LogP contribution in [-0.2, 0) is 16.1 Å². The summed E-state index contributed by atoms with van der Waals surface area (Å²) in [6.45, 7) is 5.93. The summed E-state index contributed by atoms with van der Waals surface area (Å²) in [7, 11) is 0. The van der Waals surface area contributed by atoms with Crippen molar-refractivity contribution in [3.8, 4) is 0 Å². The maximum absolute atomic E-state index is 12.2.